The number of ether oxygens (including phenoxy) is 3. The lowest BCUT2D eigenvalue weighted by Gasteiger charge is -2.11. The molecule has 0 fully saturated rings. The topological polar surface area (TPSA) is 73.9 Å². The molecule has 1 aliphatic heterocycles. The van der Waals surface area contributed by atoms with Gasteiger partial charge in [-0.3, -0.25) is 0 Å². The molecule has 0 radical (unpaired) electrons. The summed E-state index contributed by atoms with van der Waals surface area (Å²) >= 11 is 0. The molecule has 23 heavy (non-hydrogen) atoms. The second kappa shape index (κ2) is 6.05. The Hall–Kier alpha value is -2.32. The highest BCUT2D eigenvalue weighted by Gasteiger charge is 2.20. The molecule has 0 saturated carbocycles. The number of sulfonamides is 1. The summed E-state index contributed by atoms with van der Waals surface area (Å²) in [6, 6.07) is 8.40. The fraction of sp³-hybridized carbons (Fsp3) is 0.200. The number of methoxy groups -OCH3 is 1. The Morgan fingerprint density at radius 1 is 1.17 bits per heavy atom. The van der Waals surface area contributed by atoms with E-state index in [0.29, 0.717) is 17.1 Å². The van der Waals surface area contributed by atoms with Crippen LogP contribution < -0.4 is 18.9 Å². The molecule has 2 aromatic rings. The summed E-state index contributed by atoms with van der Waals surface area (Å²) in [4.78, 5) is -0.123. The van der Waals surface area contributed by atoms with E-state index in [1.807, 2.05) is 0 Å². The first-order chi connectivity index (χ1) is 11.0. The van der Waals surface area contributed by atoms with Crippen LogP contribution in [0.25, 0.3) is 0 Å². The highest BCUT2D eigenvalue weighted by Crippen LogP contribution is 2.32. The number of nitrogens with one attached hydrogen (secondary N) is 1. The van der Waals surface area contributed by atoms with Gasteiger partial charge in [0.05, 0.1) is 7.11 Å². The molecule has 0 saturated heterocycles. The van der Waals surface area contributed by atoms with Crippen molar-refractivity contribution in [2.75, 3.05) is 13.9 Å². The highest BCUT2D eigenvalue weighted by atomic mass is 32.2. The molecule has 0 aliphatic carbocycles. The van der Waals surface area contributed by atoms with E-state index >= 15 is 0 Å². The van der Waals surface area contributed by atoms with Crippen molar-refractivity contribution in [3.05, 3.63) is 47.8 Å². The van der Waals surface area contributed by atoms with E-state index in [-0.39, 0.29) is 24.0 Å². The predicted molar refractivity (Wildman–Crippen MR) is 79.5 cm³/mol. The fourth-order valence-corrected chi connectivity index (χ4v) is 3.34. The molecule has 0 amide bonds. The fourth-order valence-electron chi connectivity index (χ4n) is 2.17. The van der Waals surface area contributed by atoms with Crippen molar-refractivity contribution < 1.29 is 27.0 Å². The monoisotopic (exact) mass is 339 g/mol. The Morgan fingerprint density at radius 2 is 1.96 bits per heavy atom. The van der Waals surface area contributed by atoms with Gasteiger partial charge in [0.25, 0.3) is 0 Å². The number of hydrogen-bond donors (Lipinski definition) is 1. The molecule has 0 unspecified atom stereocenters. The number of benzene rings is 2. The quantitative estimate of drug-likeness (QED) is 0.902. The smallest absolute Gasteiger partial charge is 0.244 e. The van der Waals surface area contributed by atoms with Crippen molar-refractivity contribution >= 4 is 10.0 Å². The van der Waals surface area contributed by atoms with E-state index in [1.54, 1.807) is 18.2 Å². The third-order valence-corrected chi connectivity index (χ3v) is 4.76. The van der Waals surface area contributed by atoms with Crippen LogP contribution in [0, 0.1) is 5.82 Å². The average molecular weight is 339 g/mol. The summed E-state index contributed by atoms with van der Waals surface area (Å²) in [7, 11) is -2.56. The second-order valence-electron chi connectivity index (χ2n) is 4.81. The molecular weight excluding hydrogens is 325 g/mol. The van der Waals surface area contributed by atoms with Crippen LogP contribution in [-0.2, 0) is 16.6 Å². The molecule has 0 bridgehead atoms. The van der Waals surface area contributed by atoms with Crippen LogP contribution in [0.4, 0.5) is 4.39 Å². The van der Waals surface area contributed by atoms with Crippen molar-refractivity contribution in [2.45, 2.75) is 11.4 Å². The molecule has 0 spiro atoms. The van der Waals surface area contributed by atoms with Crippen LogP contribution in [0.2, 0.25) is 0 Å². The Kier molecular flexibility index (Phi) is 4.10. The van der Waals surface area contributed by atoms with Crippen LogP contribution in [0.3, 0.4) is 0 Å². The lowest BCUT2D eigenvalue weighted by atomic mass is 10.2. The summed E-state index contributed by atoms with van der Waals surface area (Å²) in [5, 5.41) is 0. The zero-order valence-electron chi connectivity index (χ0n) is 12.2. The van der Waals surface area contributed by atoms with Gasteiger partial charge in [0, 0.05) is 12.6 Å². The maximum atomic E-state index is 13.2. The van der Waals surface area contributed by atoms with Gasteiger partial charge in [-0.15, -0.1) is 0 Å². The first-order valence-electron chi connectivity index (χ1n) is 6.71. The van der Waals surface area contributed by atoms with E-state index in [4.69, 9.17) is 14.2 Å². The summed E-state index contributed by atoms with van der Waals surface area (Å²) in [5.74, 6) is 0.567. The highest BCUT2D eigenvalue weighted by molar-refractivity contribution is 7.89. The average Bonchev–Trinajstić information content (AvgIpc) is 3.00. The molecule has 2 aromatic carbocycles. The van der Waals surface area contributed by atoms with Crippen molar-refractivity contribution in [1.82, 2.24) is 4.72 Å². The van der Waals surface area contributed by atoms with Gasteiger partial charge in [-0.05, 0) is 29.8 Å². The van der Waals surface area contributed by atoms with Gasteiger partial charge in [0.2, 0.25) is 16.8 Å². The molecule has 122 valence electrons. The third kappa shape index (κ3) is 3.22. The van der Waals surface area contributed by atoms with Gasteiger partial charge in [-0.25, -0.2) is 17.5 Å². The van der Waals surface area contributed by atoms with Gasteiger partial charge in [-0.2, -0.15) is 0 Å². The first-order valence-corrected chi connectivity index (χ1v) is 8.19. The van der Waals surface area contributed by atoms with E-state index < -0.39 is 15.8 Å². The van der Waals surface area contributed by atoms with Crippen molar-refractivity contribution in [2.24, 2.45) is 0 Å². The molecule has 1 N–H and O–H groups in total. The van der Waals surface area contributed by atoms with Crippen LogP contribution in [-0.4, -0.2) is 22.3 Å². The molecular formula is C15H14FNO5S. The van der Waals surface area contributed by atoms with Gasteiger partial charge < -0.3 is 14.2 Å². The molecule has 8 heteroatoms. The Morgan fingerprint density at radius 3 is 2.74 bits per heavy atom. The summed E-state index contributed by atoms with van der Waals surface area (Å²) in [6.45, 7) is 0.205. The van der Waals surface area contributed by atoms with Gasteiger partial charge in [0.1, 0.15) is 16.5 Å². The molecule has 6 nitrogen and oxygen atoms in total. The summed E-state index contributed by atoms with van der Waals surface area (Å²) in [6.07, 6.45) is 0. The minimum absolute atomic E-state index is 0.0526. The predicted octanol–water partition coefficient (Wildman–Crippen LogP) is 2.04. The van der Waals surface area contributed by atoms with Gasteiger partial charge in [-0.1, -0.05) is 6.07 Å². The first kappa shape index (κ1) is 15.6. The Bertz CT molecular complexity index is 838. The normalized spacial score (nSPS) is 13.1. The molecule has 3 rings (SSSR count). The van der Waals surface area contributed by atoms with Crippen LogP contribution in [0.15, 0.2) is 41.3 Å². The minimum atomic E-state index is -3.85. The van der Waals surface area contributed by atoms with Crippen molar-refractivity contribution in [1.29, 1.82) is 0 Å². The largest absolute Gasteiger partial charge is 0.495 e. The number of hydrogen-bond acceptors (Lipinski definition) is 5. The minimum Gasteiger partial charge on any atom is -0.495 e. The molecule has 1 aliphatic rings. The lowest BCUT2D eigenvalue weighted by Crippen LogP contribution is -2.23. The summed E-state index contributed by atoms with van der Waals surface area (Å²) < 4.78 is 55.7. The van der Waals surface area contributed by atoms with Gasteiger partial charge in [0.15, 0.2) is 11.5 Å². The SMILES string of the molecule is COc1cc(F)ccc1S(=O)(=O)NCc1ccc2c(c1)OCO2. The molecule has 0 atom stereocenters. The number of rotatable bonds is 5. The number of halogens is 1. The van der Waals surface area contributed by atoms with E-state index in [0.717, 1.165) is 18.2 Å². The standard InChI is InChI=1S/C15H14FNO5S/c1-20-14-7-11(16)3-5-15(14)23(18,19)17-8-10-2-4-12-13(6-10)22-9-21-12/h2-7,17H,8-9H2,1H3. The number of fused-ring (bicyclic) bond motifs is 1. The maximum Gasteiger partial charge on any atom is 0.244 e. The van der Waals surface area contributed by atoms with Crippen LogP contribution in [0.1, 0.15) is 5.56 Å². The lowest BCUT2D eigenvalue weighted by molar-refractivity contribution is 0.174. The van der Waals surface area contributed by atoms with E-state index in [9.17, 15) is 12.8 Å². The third-order valence-electron chi connectivity index (χ3n) is 3.32. The van der Waals surface area contributed by atoms with Crippen LogP contribution >= 0.6 is 0 Å². The summed E-state index contributed by atoms with van der Waals surface area (Å²) in [5.41, 5.74) is 0.707. The maximum absolute atomic E-state index is 13.2. The Balaban J connectivity index is 1.79. The zero-order valence-corrected chi connectivity index (χ0v) is 13.0. The molecule has 1 heterocycles. The van der Waals surface area contributed by atoms with Crippen molar-refractivity contribution in [3.63, 3.8) is 0 Å². The Labute approximate surface area is 132 Å². The van der Waals surface area contributed by atoms with Gasteiger partial charge >= 0.3 is 0 Å². The van der Waals surface area contributed by atoms with Crippen molar-refractivity contribution in [3.8, 4) is 17.2 Å². The second-order valence-corrected chi connectivity index (χ2v) is 6.54. The van der Waals surface area contributed by atoms with E-state index in [2.05, 4.69) is 4.72 Å². The zero-order chi connectivity index (χ0) is 16.4. The molecule has 0 aromatic heterocycles. The van der Waals surface area contributed by atoms with E-state index in [1.165, 1.54) is 7.11 Å². The van der Waals surface area contributed by atoms with Crippen LogP contribution in [0.5, 0.6) is 17.2 Å².